The van der Waals surface area contributed by atoms with Gasteiger partial charge in [0.15, 0.2) is 0 Å². The van der Waals surface area contributed by atoms with Crippen LogP contribution in [0.15, 0.2) is 0 Å². The van der Waals surface area contributed by atoms with Gasteiger partial charge in [-0.3, -0.25) is 4.72 Å². The van der Waals surface area contributed by atoms with E-state index in [0.29, 0.717) is 6.61 Å². The highest BCUT2D eigenvalue weighted by Crippen LogP contribution is 1.96. The minimum absolute atomic E-state index is 0.389. The first-order chi connectivity index (χ1) is 3.81. The van der Waals surface area contributed by atoms with Crippen LogP contribution in [0.3, 0.4) is 0 Å². The summed E-state index contributed by atoms with van der Waals surface area (Å²) >= 11 is 3.66. The van der Waals surface area contributed by atoms with Crippen LogP contribution in [0, 0.1) is 0 Å². The van der Waals surface area contributed by atoms with Gasteiger partial charge in [0, 0.05) is 11.0 Å². The zero-order chi connectivity index (χ0) is 6.41. The summed E-state index contributed by atoms with van der Waals surface area (Å²) in [6.45, 7) is 2.13. The topological polar surface area (TPSA) is 38.3 Å². The molecule has 5 heteroatoms. The minimum atomic E-state index is -0.451. The van der Waals surface area contributed by atoms with E-state index in [4.69, 9.17) is 0 Å². The Kier molecular flexibility index (Phi) is 5.09. The van der Waals surface area contributed by atoms with Crippen LogP contribution in [0.5, 0.6) is 0 Å². The summed E-state index contributed by atoms with van der Waals surface area (Å²) in [4.78, 5) is 10.2. The number of nitrogens with one attached hydrogen (secondary N) is 1. The van der Waals surface area contributed by atoms with Crippen LogP contribution in [-0.2, 0) is 4.74 Å². The molecule has 0 aliphatic heterocycles. The molecule has 0 aromatic heterocycles. The number of carbonyl (C=O) groups excluding carboxylic acids is 1. The molecular weight excluding hydrogens is 146 g/mol. The second-order valence-electron chi connectivity index (χ2n) is 0.914. The normalized spacial score (nSPS) is 8.25. The van der Waals surface area contributed by atoms with E-state index in [1.54, 1.807) is 6.92 Å². The van der Waals surface area contributed by atoms with E-state index in [-0.39, 0.29) is 0 Å². The molecule has 1 N–H and O–H groups in total. The van der Waals surface area contributed by atoms with Crippen molar-refractivity contribution in [2.24, 2.45) is 0 Å². The number of ether oxygens (including phenoxy) is 1. The van der Waals surface area contributed by atoms with Crippen molar-refractivity contribution < 1.29 is 9.53 Å². The SMILES string of the molecule is CCOC(=O)NSS. The van der Waals surface area contributed by atoms with Crippen LogP contribution >= 0.6 is 22.6 Å². The summed E-state index contributed by atoms with van der Waals surface area (Å²) < 4.78 is 6.73. The van der Waals surface area contributed by atoms with Crippen molar-refractivity contribution >= 4 is 28.7 Å². The molecule has 1 amide bonds. The number of hydrogen-bond acceptors (Lipinski definition) is 4. The monoisotopic (exact) mass is 153 g/mol. The molecule has 0 aliphatic carbocycles. The zero-order valence-electron chi connectivity index (χ0n) is 4.38. The molecule has 0 aromatic rings. The minimum Gasteiger partial charge on any atom is -0.449 e. The lowest BCUT2D eigenvalue weighted by atomic mass is 10.9. The smallest absolute Gasteiger partial charge is 0.417 e. The van der Waals surface area contributed by atoms with Crippen molar-refractivity contribution in [3.05, 3.63) is 0 Å². The van der Waals surface area contributed by atoms with E-state index in [1.807, 2.05) is 0 Å². The third kappa shape index (κ3) is 4.14. The van der Waals surface area contributed by atoms with Gasteiger partial charge in [0.25, 0.3) is 0 Å². The first-order valence-electron chi connectivity index (χ1n) is 2.04. The summed E-state index contributed by atoms with van der Waals surface area (Å²) in [7, 11) is 0.920. The van der Waals surface area contributed by atoms with E-state index in [2.05, 4.69) is 21.1 Å². The fourth-order valence-corrected chi connectivity index (χ4v) is 0.555. The van der Waals surface area contributed by atoms with Gasteiger partial charge in [0.1, 0.15) is 0 Å². The van der Waals surface area contributed by atoms with Crippen LogP contribution in [0.1, 0.15) is 6.92 Å². The second-order valence-corrected chi connectivity index (χ2v) is 1.85. The van der Waals surface area contributed by atoms with Crippen molar-refractivity contribution in [3.8, 4) is 0 Å². The standard InChI is InChI=1S/C3H7NO2S2/c1-2-6-3(5)4-8-7/h7H,2H2,1H3,(H,4,5). The Hall–Kier alpha value is -0.0300. The van der Waals surface area contributed by atoms with Gasteiger partial charge in [-0.25, -0.2) is 4.79 Å². The van der Waals surface area contributed by atoms with E-state index in [9.17, 15) is 4.79 Å². The Morgan fingerprint density at radius 1 is 2.00 bits per heavy atom. The van der Waals surface area contributed by atoms with Gasteiger partial charge >= 0.3 is 6.09 Å². The van der Waals surface area contributed by atoms with Gasteiger partial charge in [0.2, 0.25) is 0 Å². The van der Waals surface area contributed by atoms with E-state index < -0.39 is 6.09 Å². The van der Waals surface area contributed by atoms with Crippen LogP contribution in [0.25, 0.3) is 0 Å². The predicted octanol–water partition coefficient (Wildman–Crippen LogP) is 1.23. The molecule has 0 heterocycles. The van der Waals surface area contributed by atoms with Crippen LogP contribution in [0.4, 0.5) is 4.79 Å². The molecule has 0 bridgehead atoms. The van der Waals surface area contributed by atoms with Crippen LogP contribution in [-0.4, -0.2) is 12.7 Å². The Labute approximate surface area is 57.1 Å². The Bertz CT molecular complexity index is 69.7. The lowest BCUT2D eigenvalue weighted by Gasteiger charge is -1.97. The molecule has 0 unspecified atom stereocenters. The fourth-order valence-electron chi connectivity index (χ4n) is 0.198. The molecule has 0 atom stereocenters. The molecule has 0 saturated heterocycles. The largest absolute Gasteiger partial charge is 0.449 e. The first kappa shape index (κ1) is 7.97. The fraction of sp³-hybridized carbons (Fsp3) is 0.667. The molecule has 8 heavy (non-hydrogen) atoms. The van der Waals surface area contributed by atoms with Gasteiger partial charge in [-0.15, -0.1) is 0 Å². The highest BCUT2D eigenvalue weighted by molar-refractivity contribution is 8.67. The third-order valence-corrected chi connectivity index (χ3v) is 0.936. The van der Waals surface area contributed by atoms with Gasteiger partial charge < -0.3 is 4.74 Å². The highest BCUT2D eigenvalue weighted by atomic mass is 33.1. The highest BCUT2D eigenvalue weighted by Gasteiger charge is 1.94. The van der Waals surface area contributed by atoms with Crippen molar-refractivity contribution in [1.29, 1.82) is 0 Å². The van der Waals surface area contributed by atoms with Crippen LogP contribution < -0.4 is 4.72 Å². The number of thiol groups is 1. The zero-order valence-corrected chi connectivity index (χ0v) is 6.09. The molecule has 0 saturated carbocycles. The van der Waals surface area contributed by atoms with E-state index >= 15 is 0 Å². The van der Waals surface area contributed by atoms with E-state index in [0.717, 1.165) is 11.0 Å². The summed E-state index contributed by atoms with van der Waals surface area (Å²) in [6, 6.07) is 0. The first-order valence-corrected chi connectivity index (χ1v) is 3.91. The summed E-state index contributed by atoms with van der Waals surface area (Å²) in [5.41, 5.74) is 0. The van der Waals surface area contributed by atoms with Gasteiger partial charge in [-0.2, -0.15) is 0 Å². The maximum Gasteiger partial charge on any atom is 0.417 e. The number of hydrogen-bond donors (Lipinski definition) is 2. The van der Waals surface area contributed by atoms with Crippen molar-refractivity contribution in [2.75, 3.05) is 6.61 Å². The van der Waals surface area contributed by atoms with Gasteiger partial charge in [-0.05, 0) is 6.92 Å². The maximum absolute atomic E-state index is 10.2. The van der Waals surface area contributed by atoms with Crippen molar-refractivity contribution in [2.45, 2.75) is 6.92 Å². The number of rotatable bonds is 2. The second kappa shape index (κ2) is 5.11. The molecule has 0 rings (SSSR count). The lowest BCUT2D eigenvalue weighted by Crippen LogP contribution is -2.15. The van der Waals surface area contributed by atoms with E-state index in [1.165, 1.54) is 0 Å². The number of carbonyl (C=O) groups is 1. The molecule has 48 valence electrons. The summed E-state index contributed by atoms with van der Waals surface area (Å²) in [5.74, 6) is 0. The molecule has 0 spiro atoms. The predicted molar refractivity (Wildman–Crippen MR) is 36.7 cm³/mol. The average Bonchev–Trinajstić information content (AvgIpc) is 1.68. The molecular formula is C3H7NO2S2. The summed E-state index contributed by atoms with van der Waals surface area (Å²) in [6.07, 6.45) is -0.451. The molecule has 0 fully saturated rings. The Balaban J connectivity index is 3.06. The Morgan fingerprint density at radius 3 is 3.00 bits per heavy atom. The molecule has 0 aromatic carbocycles. The quantitative estimate of drug-likeness (QED) is 0.356. The van der Waals surface area contributed by atoms with Crippen molar-refractivity contribution in [3.63, 3.8) is 0 Å². The van der Waals surface area contributed by atoms with Gasteiger partial charge in [-0.1, -0.05) is 11.7 Å². The molecule has 3 nitrogen and oxygen atoms in total. The third-order valence-electron chi connectivity index (χ3n) is 0.404. The summed E-state index contributed by atoms with van der Waals surface area (Å²) in [5, 5.41) is 0. The number of amides is 1. The lowest BCUT2D eigenvalue weighted by molar-refractivity contribution is 0.159. The van der Waals surface area contributed by atoms with Crippen LogP contribution in [0.2, 0.25) is 0 Å². The Morgan fingerprint density at radius 2 is 2.62 bits per heavy atom. The average molecular weight is 153 g/mol. The van der Waals surface area contributed by atoms with Crippen molar-refractivity contribution in [1.82, 2.24) is 4.72 Å². The molecule has 0 aliphatic rings. The molecule has 0 radical (unpaired) electrons. The maximum atomic E-state index is 10.2. The van der Waals surface area contributed by atoms with Gasteiger partial charge in [0.05, 0.1) is 6.61 Å².